The Morgan fingerprint density at radius 1 is 1.10 bits per heavy atom. The molecule has 146 valence electrons. The van der Waals surface area contributed by atoms with Crippen molar-refractivity contribution in [2.24, 2.45) is 0 Å². The third kappa shape index (κ3) is 4.67. The van der Waals surface area contributed by atoms with Crippen LogP contribution in [0.15, 0.2) is 71.5 Å². The topological polar surface area (TPSA) is 73.0 Å². The predicted octanol–water partition coefficient (Wildman–Crippen LogP) is 5.07. The van der Waals surface area contributed by atoms with Gasteiger partial charge in [0.05, 0.1) is 24.9 Å². The molecule has 0 aliphatic heterocycles. The van der Waals surface area contributed by atoms with Crippen LogP contribution in [0.1, 0.15) is 11.3 Å². The number of hydrogen-bond donors (Lipinski definition) is 1. The molecule has 0 spiro atoms. The van der Waals surface area contributed by atoms with E-state index in [2.05, 4.69) is 15.4 Å². The third-order valence-electron chi connectivity index (χ3n) is 4.23. The predicted molar refractivity (Wildman–Crippen MR) is 112 cm³/mol. The van der Waals surface area contributed by atoms with Gasteiger partial charge in [-0.3, -0.25) is 4.79 Å². The summed E-state index contributed by atoms with van der Waals surface area (Å²) in [5.74, 6) is 0.825. The van der Waals surface area contributed by atoms with Crippen molar-refractivity contribution in [3.63, 3.8) is 0 Å². The van der Waals surface area contributed by atoms with E-state index in [9.17, 15) is 4.79 Å². The average molecular weight is 427 g/mol. The molecule has 0 saturated carbocycles. The number of nitrogens with zero attached hydrogens (tertiary/aromatic N) is 3. The van der Waals surface area contributed by atoms with E-state index in [1.807, 2.05) is 36.4 Å². The molecular formula is C21H16Cl2N4O2. The maximum absolute atomic E-state index is 12.5. The summed E-state index contributed by atoms with van der Waals surface area (Å²) in [6.07, 6.45) is 3.19. The number of amides is 1. The molecule has 0 radical (unpaired) electrons. The molecule has 0 fully saturated rings. The molecule has 2 heterocycles. The highest BCUT2D eigenvalue weighted by atomic mass is 35.5. The SMILES string of the molecule is O=C(Cc1coc(-c2ccccc2)n1)Nc1ccnn1Cc1ccc(Cl)cc1Cl. The highest BCUT2D eigenvalue weighted by Crippen LogP contribution is 2.23. The molecule has 0 saturated heterocycles. The van der Waals surface area contributed by atoms with Gasteiger partial charge in [0.2, 0.25) is 11.8 Å². The number of rotatable bonds is 6. The Bertz CT molecular complexity index is 1140. The van der Waals surface area contributed by atoms with Gasteiger partial charge in [-0.1, -0.05) is 47.5 Å². The number of carbonyl (C=O) groups excluding carboxylic acids is 1. The molecule has 8 heteroatoms. The van der Waals surface area contributed by atoms with Crippen molar-refractivity contribution in [3.05, 3.63) is 88.4 Å². The van der Waals surface area contributed by atoms with Gasteiger partial charge in [-0.15, -0.1) is 0 Å². The molecule has 0 aliphatic rings. The van der Waals surface area contributed by atoms with Gasteiger partial charge in [0.15, 0.2) is 0 Å². The number of aromatic nitrogens is 3. The van der Waals surface area contributed by atoms with Crippen LogP contribution in [0.3, 0.4) is 0 Å². The van der Waals surface area contributed by atoms with Gasteiger partial charge < -0.3 is 9.73 Å². The zero-order valence-electron chi connectivity index (χ0n) is 15.2. The Morgan fingerprint density at radius 2 is 1.93 bits per heavy atom. The molecule has 0 bridgehead atoms. The molecule has 0 aliphatic carbocycles. The van der Waals surface area contributed by atoms with Crippen LogP contribution in [0, 0.1) is 0 Å². The lowest BCUT2D eigenvalue weighted by atomic mass is 10.2. The van der Waals surface area contributed by atoms with E-state index < -0.39 is 0 Å². The Morgan fingerprint density at radius 3 is 2.72 bits per heavy atom. The van der Waals surface area contributed by atoms with Crippen LogP contribution < -0.4 is 5.32 Å². The van der Waals surface area contributed by atoms with Crippen molar-refractivity contribution in [2.45, 2.75) is 13.0 Å². The van der Waals surface area contributed by atoms with Crippen LogP contribution in [0.25, 0.3) is 11.5 Å². The van der Waals surface area contributed by atoms with Crippen LogP contribution in [-0.4, -0.2) is 20.7 Å². The molecule has 4 aromatic rings. The smallest absolute Gasteiger partial charge is 0.231 e. The van der Waals surface area contributed by atoms with Gasteiger partial charge in [-0.05, 0) is 29.8 Å². The summed E-state index contributed by atoms with van der Waals surface area (Å²) in [6, 6.07) is 16.5. The summed E-state index contributed by atoms with van der Waals surface area (Å²) in [6.45, 7) is 0.404. The van der Waals surface area contributed by atoms with E-state index in [0.29, 0.717) is 34.0 Å². The van der Waals surface area contributed by atoms with Crippen molar-refractivity contribution in [2.75, 3.05) is 5.32 Å². The molecule has 29 heavy (non-hydrogen) atoms. The number of anilines is 1. The highest BCUT2D eigenvalue weighted by molar-refractivity contribution is 6.35. The Balaban J connectivity index is 1.42. The second kappa shape index (κ2) is 8.51. The van der Waals surface area contributed by atoms with E-state index in [1.54, 1.807) is 29.1 Å². The van der Waals surface area contributed by atoms with E-state index in [-0.39, 0.29) is 12.3 Å². The van der Waals surface area contributed by atoms with E-state index in [4.69, 9.17) is 27.6 Å². The number of hydrogen-bond acceptors (Lipinski definition) is 4. The minimum atomic E-state index is -0.220. The summed E-state index contributed by atoms with van der Waals surface area (Å²) < 4.78 is 7.14. The first-order valence-corrected chi connectivity index (χ1v) is 9.59. The lowest BCUT2D eigenvalue weighted by molar-refractivity contribution is -0.115. The maximum Gasteiger partial charge on any atom is 0.231 e. The summed E-state index contributed by atoms with van der Waals surface area (Å²) in [4.78, 5) is 16.8. The number of oxazole rings is 1. The molecule has 0 atom stereocenters. The number of benzene rings is 2. The first kappa shape index (κ1) is 19.2. The maximum atomic E-state index is 12.5. The Hall–Kier alpha value is -3.09. The molecule has 1 amide bonds. The highest BCUT2D eigenvalue weighted by Gasteiger charge is 2.13. The molecule has 4 rings (SSSR count). The minimum absolute atomic E-state index is 0.0865. The molecule has 6 nitrogen and oxygen atoms in total. The zero-order valence-corrected chi connectivity index (χ0v) is 16.7. The fourth-order valence-corrected chi connectivity index (χ4v) is 3.30. The molecule has 1 N–H and O–H groups in total. The number of nitrogens with one attached hydrogen (secondary N) is 1. The summed E-state index contributed by atoms with van der Waals surface area (Å²) >= 11 is 12.2. The number of carbonyl (C=O) groups is 1. The fraction of sp³-hybridized carbons (Fsp3) is 0.0952. The summed E-state index contributed by atoms with van der Waals surface area (Å²) in [7, 11) is 0. The minimum Gasteiger partial charge on any atom is -0.444 e. The Labute approximate surface area is 177 Å². The molecule has 2 aromatic heterocycles. The van der Waals surface area contributed by atoms with Gasteiger partial charge in [-0.25, -0.2) is 9.67 Å². The zero-order chi connectivity index (χ0) is 20.2. The largest absolute Gasteiger partial charge is 0.444 e. The lowest BCUT2D eigenvalue weighted by Gasteiger charge is -2.10. The van der Waals surface area contributed by atoms with Gasteiger partial charge >= 0.3 is 0 Å². The van der Waals surface area contributed by atoms with Gasteiger partial charge in [0.1, 0.15) is 12.1 Å². The van der Waals surface area contributed by atoms with Gasteiger partial charge in [0, 0.05) is 21.7 Å². The van der Waals surface area contributed by atoms with Crippen LogP contribution >= 0.6 is 23.2 Å². The van der Waals surface area contributed by atoms with Crippen LogP contribution in [-0.2, 0) is 17.8 Å². The number of halogens is 2. The second-order valence-corrected chi connectivity index (χ2v) is 7.19. The van der Waals surface area contributed by atoms with E-state index >= 15 is 0 Å². The standard InChI is InChI=1S/C21H16Cl2N4O2/c22-16-7-6-15(18(23)10-16)12-27-19(8-9-24-27)26-20(28)11-17-13-29-21(25-17)14-4-2-1-3-5-14/h1-10,13H,11-12H2,(H,26,28). The lowest BCUT2D eigenvalue weighted by Crippen LogP contribution is -2.18. The fourth-order valence-electron chi connectivity index (χ4n) is 2.83. The first-order chi connectivity index (χ1) is 14.1. The normalized spacial score (nSPS) is 10.8. The monoisotopic (exact) mass is 426 g/mol. The van der Waals surface area contributed by atoms with E-state index in [0.717, 1.165) is 11.1 Å². The third-order valence-corrected chi connectivity index (χ3v) is 4.82. The molecular weight excluding hydrogens is 411 g/mol. The summed E-state index contributed by atoms with van der Waals surface area (Å²) in [5, 5.41) is 8.21. The van der Waals surface area contributed by atoms with Crippen LogP contribution in [0.2, 0.25) is 10.0 Å². The average Bonchev–Trinajstić information content (AvgIpc) is 3.34. The van der Waals surface area contributed by atoms with Crippen molar-refractivity contribution in [1.82, 2.24) is 14.8 Å². The van der Waals surface area contributed by atoms with Crippen LogP contribution in [0.5, 0.6) is 0 Å². The molecule has 0 unspecified atom stereocenters. The second-order valence-electron chi connectivity index (χ2n) is 6.34. The van der Waals surface area contributed by atoms with Gasteiger partial charge in [-0.2, -0.15) is 5.10 Å². The molecule has 2 aromatic carbocycles. The Kier molecular flexibility index (Phi) is 5.64. The van der Waals surface area contributed by atoms with Crippen molar-refractivity contribution < 1.29 is 9.21 Å². The van der Waals surface area contributed by atoms with Crippen molar-refractivity contribution >= 4 is 34.9 Å². The van der Waals surface area contributed by atoms with Gasteiger partial charge in [0.25, 0.3) is 0 Å². The van der Waals surface area contributed by atoms with Crippen molar-refractivity contribution in [1.29, 1.82) is 0 Å². The summed E-state index contributed by atoms with van der Waals surface area (Å²) in [5.41, 5.74) is 2.25. The van der Waals surface area contributed by atoms with Crippen molar-refractivity contribution in [3.8, 4) is 11.5 Å². The van der Waals surface area contributed by atoms with E-state index in [1.165, 1.54) is 6.26 Å². The quantitative estimate of drug-likeness (QED) is 0.466. The first-order valence-electron chi connectivity index (χ1n) is 8.84. The van der Waals surface area contributed by atoms with Crippen LogP contribution in [0.4, 0.5) is 5.82 Å².